The van der Waals surface area contributed by atoms with E-state index in [0.29, 0.717) is 6.42 Å². The van der Waals surface area contributed by atoms with Gasteiger partial charge in [-0.1, -0.05) is 297 Å². The highest BCUT2D eigenvalue weighted by molar-refractivity contribution is 5.76. The molecule has 0 bridgehead atoms. The van der Waals surface area contributed by atoms with Crippen molar-refractivity contribution in [3.63, 3.8) is 0 Å². The van der Waals surface area contributed by atoms with E-state index in [0.717, 1.165) is 70.6 Å². The molecule has 0 heterocycles. The maximum atomic E-state index is 12.5. The second-order valence-corrected chi connectivity index (χ2v) is 19.7. The summed E-state index contributed by atoms with van der Waals surface area (Å²) in [6, 6.07) is -0.631. The summed E-state index contributed by atoms with van der Waals surface area (Å²) in [5.41, 5.74) is 0. The Balaban J connectivity index is 3.55. The molecule has 4 nitrogen and oxygen atoms in total. The highest BCUT2D eigenvalue weighted by atomic mass is 16.3. The van der Waals surface area contributed by atoms with Crippen LogP contribution < -0.4 is 5.32 Å². The van der Waals surface area contributed by atoms with Crippen LogP contribution in [-0.4, -0.2) is 34.9 Å². The fraction of sp³-hybridized carbons (Fsp3) is 0.734. The lowest BCUT2D eigenvalue weighted by Crippen LogP contribution is -2.45. The molecule has 392 valence electrons. The molecule has 2 atom stereocenters. The molecule has 0 saturated carbocycles. The zero-order valence-electron chi connectivity index (χ0n) is 45.1. The molecule has 0 radical (unpaired) electrons. The number of rotatable bonds is 53. The average molecular weight is 945 g/mol. The van der Waals surface area contributed by atoms with Crippen LogP contribution in [0.5, 0.6) is 0 Å². The monoisotopic (exact) mass is 944 g/mol. The minimum Gasteiger partial charge on any atom is -0.394 e. The molecule has 0 saturated heterocycles. The standard InChI is InChI=1S/C64H113NO3/c1-3-5-7-9-11-13-15-17-19-21-23-25-27-28-29-30-31-32-33-34-35-36-38-40-42-44-46-48-50-52-54-56-58-60-64(68)65-62(61-66)63(67)59-57-55-53-51-49-47-45-43-41-39-37-26-24-22-20-18-16-14-12-10-8-6-4-2/h5,7,11,13,17,19,23,25,28-29,31-32,34-35,57,59,62-63,66-67H,3-4,6,8-10,12,14-16,18,20-22,24,26-27,30,33,36-56,58,60-61H2,1-2H3,(H,65,68)/b7-5-,13-11-,19-17-,25-23-,29-28-,32-31-,35-34-,59-57+. The first-order valence-corrected chi connectivity index (χ1v) is 29.5. The molecule has 0 aliphatic rings. The zero-order valence-corrected chi connectivity index (χ0v) is 45.1. The van der Waals surface area contributed by atoms with E-state index in [1.165, 1.54) is 193 Å². The summed E-state index contributed by atoms with van der Waals surface area (Å²) in [7, 11) is 0. The van der Waals surface area contributed by atoms with Gasteiger partial charge in [0.05, 0.1) is 18.8 Å². The summed E-state index contributed by atoms with van der Waals surface area (Å²) < 4.78 is 0. The molecular formula is C64H113NO3. The van der Waals surface area contributed by atoms with Gasteiger partial charge in [-0.25, -0.2) is 0 Å². The quantitative estimate of drug-likeness (QED) is 0.0420. The van der Waals surface area contributed by atoms with Crippen LogP contribution in [0.25, 0.3) is 0 Å². The minimum absolute atomic E-state index is 0.0683. The number of aliphatic hydroxyl groups excluding tert-OH is 2. The lowest BCUT2D eigenvalue weighted by molar-refractivity contribution is -0.123. The Morgan fingerprint density at radius 1 is 0.368 bits per heavy atom. The molecule has 0 spiro atoms. The number of carbonyl (C=O) groups excluding carboxylic acids is 1. The van der Waals surface area contributed by atoms with E-state index in [-0.39, 0.29) is 12.5 Å². The smallest absolute Gasteiger partial charge is 0.220 e. The number of allylic oxidation sites excluding steroid dienone is 15. The summed E-state index contributed by atoms with van der Waals surface area (Å²) in [5, 5.41) is 23.2. The molecule has 68 heavy (non-hydrogen) atoms. The van der Waals surface area contributed by atoms with E-state index >= 15 is 0 Å². The Morgan fingerprint density at radius 3 is 0.971 bits per heavy atom. The highest BCUT2D eigenvalue weighted by Gasteiger charge is 2.18. The van der Waals surface area contributed by atoms with Crippen LogP contribution >= 0.6 is 0 Å². The molecule has 0 fully saturated rings. The fourth-order valence-corrected chi connectivity index (χ4v) is 8.63. The van der Waals surface area contributed by atoms with Gasteiger partial charge in [0.25, 0.3) is 0 Å². The molecule has 0 aromatic rings. The number of hydrogen-bond acceptors (Lipinski definition) is 3. The van der Waals surface area contributed by atoms with Gasteiger partial charge >= 0.3 is 0 Å². The maximum Gasteiger partial charge on any atom is 0.220 e. The summed E-state index contributed by atoms with van der Waals surface area (Å²) in [4.78, 5) is 12.5. The van der Waals surface area contributed by atoms with Crippen LogP contribution in [-0.2, 0) is 4.79 Å². The van der Waals surface area contributed by atoms with E-state index < -0.39 is 12.1 Å². The molecule has 0 rings (SSSR count). The topological polar surface area (TPSA) is 69.6 Å². The lowest BCUT2D eigenvalue weighted by atomic mass is 10.0. The van der Waals surface area contributed by atoms with Crippen molar-refractivity contribution in [2.45, 2.75) is 296 Å². The molecule has 3 N–H and O–H groups in total. The lowest BCUT2D eigenvalue weighted by Gasteiger charge is -2.20. The van der Waals surface area contributed by atoms with E-state index in [1.54, 1.807) is 6.08 Å². The van der Waals surface area contributed by atoms with Crippen molar-refractivity contribution in [2.75, 3.05) is 6.61 Å². The van der Waals surface area contributed by atoms with Crippen LogP contribution in [0, 0.1) is 0 Å². The van der Waals surface area contributed by atoms with Crippen LogP contribution in [0.3, 0.4) is 0 Å². The van der Waals surface area contributed by atoms with Crippen molar-refractivity contribution in [1.82, 2.24) is 5.32 Å². The first-order chi connectivity index (χ1) is 33.7. The van der Waals surface area contributed by atoms with Gasteiger partial charge in [-0.05, 0) is 77.0 Å². The van der Waals surface area contributed by atoms with Crippen LogP contribution in [0.2, 0.25) is 0 Å². The van der Waals surface area contributed by atoms with E-state index in [2.05, 4.69) is 104 Å². The summed E-state index contributed by atoms with van der Waals surface area (Å²) in [6.45, 7) is 4.21. The third-order valence-electron chi connectivity index (χ3n) is 13.1. The van der Waals surface area contributed by atoms with Gasteiger partial charge in [0.15, 0.2) is 0 Å². The first-order valence-electron chi connectivity index (χ1n) is 29.5. The second-order valence-electron chi connectivity index (χ2n) is 19.7. The summed E-state index contributed by atoms with van der Waals surface area (Å²) >= 11 is 0. The number of unbranched alkanes of at least 4 members (excludes halogenated alkanes) is 32. The second kappa shape index (κ2) is 58.6. The van der Waals surface area contributed by atoms with Gasteiger partial charge in [0, 0.05) is 6.42 Å². The minimum atomic E-state index is -0.847. The van der Waals surface area contributed by atoms with E-state index in [9.17, 15) is 15.0 Å². The number of hydrogen-bond donors (Lipinski definition) is 3. The Hall–Kier alpha value is -2.69. The predicted molar refractivity (Wildman–Crippen MR) is 303 cm³/mol. The van der Waals surface area contributed by atoms with Crippen molar-refractivity contribution >= 4 is 5.91 Å². The van der Waals surface area contributed by atoms with Gasteiger partial charge in [0.1, 0.15) is 0 Å². The Kier molecular flexibility index (Phi) is 56.3. The van der Waals surface area contributed by atoms with Crippen molar-refractivity contribution < 1.29 is 15.0 Å². The van der Waals surface area contributed by atoms with Crippen molar-refractivity contribution in [3.8, 4) is 0 Å². The van der Waals surface area contributed by atoms with Crippen molar-refractivity contribution in [2.24, 2.45) is 0 Å². The van der Waals surface area contributed by atoms with E-state index in [4.69, 9.17) is 0 Å². The van der Waals surface area contributed by atoms with Gasteiger partial charge in [-0.2, -0.15) is 0 Å². The normalized spacial score (nSPS) is 13.5. The Bertz CT molecular complexity index is 1250. The fourth-order valence-electron chi connectivity index (χ4n) is 8.63. The van der Waals surface area contributed by atoms with Gasteiger partial charge in [0.2, 0.25) is 5.91 Å². The maximum absolute atomic E-state index is 12.5. The van der Waals surface area contributed by atoms with Crippen LogP contribution in [0.4, 0.5) is 0 Å². The van der Waals surface area contributed by atoms with Crippen molar-refractivity contribution in [3.05, 3.63) is 97.2 Å². The predicted octanol–water partition coefficient (Wildman–Crippen LogP) is 19.7. The largest absolute Gasteiger partial charge is 0.394 e. The zero-order chi connectivity index (χ0) is 49.2. The number of aliphatic hydroxyl groups is 2. The first kappa shape index (κ1) is 65.3. The highest BCUT2D eigenvalue weighted by Crippen LogP contribution is 2.17. The molecule has 0 aliphatic carbocycles. The average Bonchev–Trinajstić information content (AvgIpc) is 3.34. The Labute approximate surface area is 424 Å². The van der Waals surface area contributed by atoms with Gasteiger partial charge in [-0.15, -0.1) is 0 Å². The number of carbonyl (C=O) groups is 1. The summed E-state index contributed by atoms with van der Waals surface area (Å²) in [6.07, 6.45) is 87.1. The van der Waals surface area contributed by atoms with Gasteiger partial charge < -0.3 is 15.5 Å². The number of nitrogens with one attached hydrogen (secondary N) is 1. The SMILES string of the molecule is CC/C=C\C/C=C\C/C=C\C/C=C\C/C=C\C/C=C\C/C=C\CCCCCCCCCCCCCC(=O)NC(CO)C(O)/C=C/CCCCCCCCCCCCCCCCCCCCCCC. The summed E-state index contributed by atoms with van der Waals surface area (Å²) in [5.74, 6) is -0.0683. The molecule has 0 aliphatic heterocycles. The molecule has 1 amide bonds. The molecule has 4 heteroatoms. The number of amides is 1. The van der Waals surface area contributed by atoms with Crippen LogP contribution in [0.1, 0.15) is 284 Å². The molecule has 0 aromatic carbocycles. The van der Waals surface area contributed by atoms with Gasteiger partial charge in [-0.3, -0.25) is 4.79 Å². The third kappa shape index (κ3) is 54.3. The molecule has 0 aromatic heterocycles. The molecule has 2 unspecified atom stereocenters. The van der Waals surface area contributed by atoms with Crippen LogP contribution in [0.15, 0.2) is 97.2 Å². The van der Waals surface area contributed by atoms with Crippen molar-refractivity contribution in [1.29, 1.82) is 0 Å². The Morgan fingerprint density at radius 2 is 0.647 bits per heavy atom. The molecular weight excluding hydrogens is 831 g/mol. The van der Waals surface area contributed by atoms with E-state index in [1.807, 2.05) is 6.08 Å². The third-order valence-corrected chi connectivity index (χ3v) is 13.1.